The molecule has 0 spiro atoms. The highest BCUT2D eigenvalue weighted by Crippen LogP contribution is 2.18. The van der Waals surface area contributed by atoms with Crippen LogP contribution in [0.1, 0.15) is 5.56 Å². The Bertz CT molecular complexity index is 324. The van der Waals surface area contributed by atoms with Crippen LogP contribution in [0.25, 0.3) is 0 Å². The van der Waals surface area contributed by atoms with Gasteiger partial charge >= 0.3 is 0 Å². The molecule has 0 unspecified atom stereocenters. The van der Waals surface area contributed by atoms with Crippen LogP contribution in [0.15, 0.2) is 29.3 Å². The van der Waals surface area contributed by atoms with Gasteiger partial charge in [-0.15, -0.1) is 23.5 Å². The van der Waals surface area contributed by atoms with E-state index in [1.807, 2.05) is 12.1 Å². The molecule has 1 rings (SSSR count). The minimum atomic E-state index is 0.283. The zero-order valence-electron chi connectivity index (χ0n) is 8.88. The molecule has 0 amide bonds. The molecule has 15 heavy (non-hydrogen) atoms. The average molecular weight is 241 g/mol. The van der Waals surface area contributed by atoms with E-state index in [1.165, 1.54) is 0 Å². The molecule has 0 aromatic heterocycles. The molecule has 0 saturated carbocycles. The maximum Gasteiger partial charge on any atom is 0.124 e. The summed E-state index contributed by atoms with van der Waals surface area (Å²) in [5.74, 6) is 0.283. The number of aliphatic imine (C=N–C) groups is 1. The molecule has 0 aliphatic carbocycles. The van der Waals surface area contributed by atoms with E-state index in [-0.39, 0.29) is 5.75 Å². The quantitative estimate of drug-likeness (QED) is 0.635. The number of nitrogens with zero attached hydrogens (tertiary/aromatic N) is 1. The maximum atomic E-state index is 9.49. The fourth-order valence-electron chi connectivity index (χ4n) is 1.08. The van der Waals surface area contributed by atoms with Crippen molar-refractivity contribution >= 4 is 29.7 Å². The van der Waals surface area contributed by atoms with E-state index in [0.29, 0.717) is 4.58 Å². The Morgan fingerprint density at radius 1 is 1.33 bits per heavy atom. The number of hydrogen-bond acceptors (Lipinski definition) is 4. The molecule has 0 saturated heterocycles. The first-order valence-corrected chi connectivity index (χ1v) is 7.19. The minimum Gasteiger partial charge on any atom is -0.507 e. The van der Waals surface area contributed by atoms with Crippen LogP contribution < -0.4 is 0 Å². The molecule has 0 aliphatic rings. The normalized spacial score (nSPS) is 11.4. The van der Waals surface area contributed by atoms with Crippen LogP contribution in [0.2, 0.25) is 0 Å². The van der Waals surface area contributed by atoms with E-state index >= 15 is 0 Å². The molecule has 1 aromatic carbocycles. The van der Waals surface area contributed by atoms with Gasteiger partial charge in [-0.25, -0.2) is 0 Å². The minimum absolute atomic E-state index is 0.283. The summed E-state index contributed by atoms with van der Waals surface area (Å²) in [6.45, 7) is 0.774. The van der Waals surface area contributed by atoms with Crippen LogP contribution in [0, 0.1) is 0 Å². The standard InChI is InChI=1S/C11H15NOS2/c1-14-11(15-2)8-12-7-9-5-3-4-6-10(9)13/h3-7,11,13H,8H2,1-2H3. The Morgan fingerprint density at radius 3 is 2.60 bits per heavy atom. The van der Waals surface area contributed by atoms with Crippen molar-refractivity contribution in [3.8, 4) is 5.75 Å². The predicted molar refractivity (Wildman–Crippen MR) is 71.4 cm³/mol. The van der Waals surface area contributed by atoms with Crippen molar-refractivity contribution in [3.05, 3.63) is 29.8 Å². The number of phenolic OH excluding ortho intramolecular Hbond substituents is 1. The van der Waals surface area contributed by atoms with Crippen molar-refractivity contribution in [2.24, 2.45) is 4.99 Å². The van der Waals surface area contributed by atoms with Crippen LogP contribution in [-0.4, -0.2) is 35.0 Å². The number of para-hydroxylation sites is 1. The summed E-state index contributed by atoms with van der Waals surface area (Å²) >= 11 is 3.59. The Balaban J connectivity index is 2.54. The van der Waals surface area contributed by atoms with Crippen molar-refractivity contribution in [2.45, 2.75) is 4.58 Å². The van der Waals surface area contributed by atoms with Gasteiger partial charge in [-0.1, -0.05) is 12.1 Å². The molecule has 0 radical (unpaired) electrons. The van der Waals surface area contributed by atoms with Crippen LogP contribution in [-0.2, 0) is 0 Å². The van der Waals surface area contributed by atoms with E-state index in [1.54, 1.807) is 41.9 Å². The topological polar surface area (TPSA) is 32.6 Å². The number of hydrogen-bond donors (Lipinski definition) is 1. The highest BCUT2D eigenvalue weighted by Gasteiger charge is 2.01. The molecule has 1 aromatic rings. The van der Waals surface area contributed by atoms with Gasteiger partial charge in [0.15, 0.2) is 0 Å². The lowest BCUT2D eigenvalue weighted by Crippen LogP contribution is -2.00. The third-order valence-corrected chi connectivity index (χ3v) is 4.45. The van der Waals surface area contributed by atoms with Crippen LogP contribution in [0.3, 0.4) is 0 Å². The van der Waals surface area contributed by atoms with E-state index in [0.717, 1.165) is 12.1 Å². The molecular formula is C11H15NOS2. The van der Waals surface area contributed by atoms with Gasteiger partial charge in [0.25, 0.3) is 0 Å². The Labute approximate surface area is 99.2 Å². The summed E-state index contributed by atoms with van der Waals surface area (Å²) in [5.41, 5.74) is 0.776. The van der Waals surface area contributed by atoms with Gasteiger partial charge < -0.3 is 5.11 Å². The monoisotopic (exact) mass is 241 g/mol. The van der Waals surface area contributed by atoms with E-state index in [9.17, 15) is 5.11 Å². The fraction of sp³-hybridized carbons (Fsp3) is 0.364. The first-order chi connectivity index (χ1) is 7.27. The second-order valence-electron chi connectivity index (χ2n) is 2.95. The van der Waals surface area contributed by atoms with Gasteiger partial charge in [-0.3, -0.25) is 4.99 Å². The summed E-state index contributed by atoms with van der Waals surface area (Å²) in [5, 5.41) is 9.49. The SMILES string of the molecule is CSC(CN=Cc1ccccc1O)SC. The third kappa shape index (κ3) is 4.18. The molecule has 0 heterocycles. The van der Waals surface area contributed by atoms with Gasteiger partial charge in [-0.2, -0.15) is 0 Å². The van der Waals surface area contributed by atoms with Gasteiger partial charge in [0.05, 0.1) is 11.1 Å². The molecule has 1 N–H and O–H groups in total. The molecule has 82 valence electrons. The maximum absolute atomic E-state index is 9.49. The summed E-state index contributed by atoms with van der Waals surface area (Å²) in [6.07, 6.45) is 5.89. The first kappa shape index (κ1) is 12.5. The zero-order chi connectivity index (χ0) is 11.1. The molecule has 4 heteroatoms. The number of rotatable bonds is 5. The number of phenols is 1. The van der Waals surface area contributed by atoms with Gasteiger partial charge in [0.2, 0.25) is 0 Å². The molecule has 0 bridgehead atoms. The van der Waals surface area contributed by atoms with Crippen LogP contribution in [0.5, 0.6) is 5.75 Å². The van der Waals surface area contributed by atoms with E-state index in [4.69, 9.17) is 0 Å². The van der Waals surface area contributed by atoms with Crippen molar-refractivity contribution in [1.82, 2.24) is 0 Å². The summed E-state index contributed by atoms with van der Waals surface area (Å²) < 4.78 is 0.493. The highest BCUT2D eigenvalue weighted by atomic mass is 32.2. The van der Waals surface area contributed by atoms with Gasteiger partial charge in [0.1, 0.15) is 5.75 Å². The lowest BCUT2D eigenvalue weighted by Gasteiger charge is -2.06. The van der Waals surface area contributed by atoms with Gasteiger partial charge in [0, 0.05) is 11.8 Å². The molecule has 2 nitrogen and oxygen atoms in total. The Morgan fingerprint density at radius 2 is 2.00 bits per heavy atom. The lowest BCUT2D eigenvalue weighted by molar-refractivity contribution is 0.474. The summed E-state index contributed by atoms with van der Waals surface area (Å²) in [4.78, 5) is 4.32. The molecular weight excluding hydrogens is 226 g/mol. The van der Waals surface area contributed by atoms with Gasteiger partial charge in [-0.05, 0) is 24.6 Å². The van der Waals surface area contributed by atoms with Crippen molar-refractivity contribution in [3.63, 3.8) is 0 Å². The third-order valence-electron chi connectivity index (χ3n) is 1.95. The van der Waals surface area contributed by atoms with Crippen LogP contribution in [0.4, 0.5) is 0 Å². The second kappa shape index (κ2) is 6.80. The molecule has 0 aliphatic heterocycles. The van der Waals surface area contributed by atoms with Crippen molar-refractivity contribution < 1.29 is 5.11 Å². The second-order valence-corrected chi connectivity index (χ2v) is 5.33. The summed E-state index contributed by atoms with van der Waals surface area (Å²) in [6, 6.07) is 7.22. The van der Waals surface area contributed by atoms with Crippen molar-refractivity contribution in [1.29, 1.82) is 0 Å². The van der Waals surface area contributed by atoms with E-state index in [2.05, 4.69) is 17.5 Å². The van der Waals surface area contributed by atoms with Crippen LogP contribution >= 0.6 is 23.5 Å². The zero-order valence-corrected chi connectivity index (χ0v) is 10.5. The largest absolute Gasteiger partial charge is 0.507 e. The smallest absolute Gasteiger partial charge is 0.124 e. The molecule has 0 fully saturated rings. The lowest BCUT2D eigenvalue weighted by atomic mass is 10.2. The highest BCUT2D eigenvalue weighted by molar-refractivity contribution is 8.16. The first-order valence-electron chi connectivity index (χ1n) is 4.61. The average Bonchev–Trinajstić information content (AvgIpc) is 2.27. The van der Waals surface area contributed by atoms with Crippen molar-refractivity contribution in [2.75, 3.05) is 19.1 Å². The Kier molecular flexibility index (Phi) is 5.65. The van der Waals surface area contributed by atoms with E-state index < -0.39 is 0 Å². The summed E-state index contributed by atoms with van der Waals surface area (Å²) in [7, 11) is 0. The number of thioether (sulfide) groups is 2. The number of aromatic hydroxyl groups is 1. The fourth-order valence-corrected chi connectivity index (χ4v) is 2.32. The Hall–Kier alpha value is -0.610. The predicted octanol–water partition coefficient (Wildman–Crippen LogP) is 2.86. The molecule has 0 atom stereocenters. The number of benzene rings is 1.